The quantitative estimate of drug-likeness (QED) is 0.841. The Morgan fingerprint density at radius 1 is 1.00 bits per heavy atom. The molecule has 0 atom stereocenters. The molecule has 2 aliphatic rings. The van der Waals surface area contributed by atoms with Crippen molar-refractivity contribution in [2.24, 2.45) is 5.41 Å². The number of nitrogens with zero attached hydrogens (tertiary/aromatic N) is 3. The van der Waals surface area contributed by atoms with E-state index in [1.165, 1.54) is 11.1 Å². The molecule has 1 aromatic heterocycles. The van der Waals surface area contributed by atoms with Crippen molar-refractivity contribution in [1.82, 2.24) is 20.1 Å². The minimum absolute atomic E-state index is 0.298. The molecule has 0 unspecified atom stereocenters. The van der Waals surface area contributed by atoms with Gasteiger partial charge in [-0.15, -0.1) is 0 Å². The molecule has 2 fully saturated rings. The van der Waals surface area contributed by atoms with Gasteiger partial charge in [-0.25, -0.2) is 0 Å². The molecular formula is C22H27ClN4O. The second-order valence-electron chi connectivity index (χ2n) is 7.96. The molecule has 0 aliphatic carbocycles. The van der Waals surface area contributed by atoms with Gasteiger partial charge in [0.25, 0.3) is 0 Å². The number of hydrogen-bond acceptors (Lipinski definition) is 4. The Balaban J connectivity index is 1.38. The highest BCUT2D eigenvalue weighted by Crippen LogP contribution is 2.31. The summed E-state index contributed by atoms with van der Waals surface area (Å²) in [5, 5.41) is 4.05. The summed E-state index contributed by atoms with van der Waals surface area (Å²) in [7, 11) is 0. The van der Waals surface area contributed by atoms with Crippen LogP contribution in [0.1, 0.15) is 17.5 Å². The number of benzene rings is 1. The van der Waals surface area contributed by atoms with Gasteiger partial charge in [-0.1, -0.05) is 23.7 Å². The van der Waals surface area contributed by atoms with E-state index in [4.69, 9.17) is 11.6 Å². The first-order valence-corrected chi connectivity index (χ1v) is 10.4. The summed E-state index contributed by atoms with van der Waals surface area (Å²) >= 11 is 6.01. The lowest BCUT2D eigenvalue weighted by molar-refractivity contribution is -0.145. The van der Waals surface area contributed by atoms with Gasteiger partial charge in [0.2, 0.25) is 5.91 Å². The minimum atomic E-state index is -0.311. The molecule has 1 aromatic carbocycles. The largest absolute Gasteiger partial charge is 0.341 e. The Labute approximate surface area is 171 Å². The average Bonchev–Trinajstić information content (AvgIpc) is 2.92. The molecule has 0 saturated carbocycles. The molecule has 28 heavy (non-hydrogen) atoms. The number of pyridine rings is 1. The topological polar surface area (TPSA) is 48.5 Å². The fourth-order valence-corrected chi connectivity index (χ4v) is 4.31. The van der Waals surface area contributed by atoms with Crippen LogP contribution < -0.4 is 5.32 Å². The Morgan fingerprint density at radius 2 is 1.75 bits per heavy atom. The van der Waals surface area contributed by atoms with Crippen LogP contribution in [0.15, 0.2) is 48.8 Å². The number of amides is 1. The number of aromatic nitrogens is 1. The third-order valence-electron chi connectivity index (χ3n) is 5.87. The second-order valence-corrected chi connectivity index (χ2v) is 8.40. The third kappa shape index (κ3) is 4.37. The molecule has 3 heterocycles. The van der Waals surface area contributed by atoms with Crippen LogP contribution in [0, 0.1) is 5.41 Å². The van der Waals surface area contributed by atoms with Crippen molar-refractivity contribution in [2.75, 3.05) is 39.3 Å². The predicted molar refractivity (Wildman–Crippen MR) is 111 cm³/mol. The highest BCUT2D eigenvalue weighted by atomic mass is 35.5. The summed E-state index contributed by atoms with van der Waals surface area (Å²) in [6.07, 6.45) is 5.47. The Bertz CT molecular complexity index is 792. The van der Waals surface area contributed by atoms with Crippen LogP contribution in [-0.4, -0.2) is 60.0 Å². The summed E-state index contributed by atoms with van der Waals surface area (Å²) in [5.74, 6) is 0.298. The van der Waals surface area contributed by atoms with Gasteiger partial charge in [0.05, 0.1) is 5.41 Å². The maximum Gasteiger partial charge on any atom is 0.231 e. The summed E-state index contributed by atoms with van der Waals surface area (Å²) < 4.78 is 0. The Hall–Kier alpha value is -1.95. The zero-order valence-corrected chi connectivity index (χ0v) is 16.9. The molecule has 0 spiro atoms. The molecule has 0 bridgehead atoms. The zero-order valence-electron chi connectivity index (χ0n) is 16.1. The number of halogens is 1. The van der Waals surface area contributed by atoms with E-state index < -0.39 is 0 Å². The van der Waals surface area contributed by atoms with E-state index in [0.717, 1.165) is 63.7 Å². The first-order valence-electron chi connectivity index (χ1n) is 10.0. The number of rotatable bonds is 5. The summed E-state index contributed by atoms with van der Waals surface area (Å²) in [5.41, 5.74) is 2.14. The molecule has 1 amide bonds. The second kappa shape index (κ2) is 8.60. The number of carbonyl (C=O) groups excluding carboxylic acids is 1. The van der Waals surface area contributed by atoms with E-state index >= 15 is 0 Å². The third-order valence-corrected chi connectivity index (χ3v) is 6.12. The van der Waals surface area contributed by atoms with Crippen LogP contribution in [0.5, 0.6) is 0 Å². The van der Waals surface area contributed by atoms with E-state index in [2.05, 4.69) is 32.2 Å². The predicted octanol–water partition coefficient (Wildman–Crippen LogP) is 2.60. The molecule has 2 aliphatic heterocycles. The minimum Gasteiger partial charge on any atom is -0.341 e. The lowest BCUT2D eigenvalue weighted by Gasteiger charge is -2.44. The van der Waals surface area contributed by atoms with Crippen molar-refractivity contribution in [2.45, 2.75) is 19.4 Å². The van der Waals surface area contributed by atoms with E-state index in [9.17, 15) is 4.79 Å². The highest BCUT2D eigenvalue weighted by Gasteiger charge is 2.46. The van der Waals surface area contributed by atoms with Gasteiger partial charge in [-0.05, 0) is 48.2 Å². The molecule has 148 valence electrons. The molecule has 1 N–H and O–H groups in total. The van der Waals surface area contributed by atoms with Crippen LogP contribution in [0.2, 0.25) is 5.02 Å². The Kier molecular flexibility index (Phi) is 5.95. The van der Waals surface area contributed by atoms with Crippen molar-refractivity contribution in [1.29, 1.82) is 0 Å². The van der Waals surface area contributed by atoms with Gasteiger partial charge in [0, 0.05) is 63.2 Å². The van der Waals surface area contributed by atoms with E-state index in [1.807, 2.05) is 36.7 Å². The maximum absolute atomic E-state index is 13.4. The molecule has 6 heteroatoms. The van der Waals surface area contributed by atoms with Crippen molar-refractivity contribution in [3.05, 3.63) is 64.9 Å². The maximum atomic E-state index is 13.4. The monoisotopic (exact) mass is 398 g/mol. The van der Waals surface area contributed by atoms with Gasteiger partial charge >= 0.3 is 0 Å². The van der Waals surface area contributed by atoms with Crippen molar-refractivity contribution in [3.63, 3.8) is 0 Å². The lowest BCUT2D eigenvalue weighted by Crippen LogP contribution is -2.63. The van der Waals surface area contributed by atoms with Gasteiger partial charge in [0.15, 0.2) is 0 Å². The van der Waals surface area contributed by atoms with Crippen LogP contribution in [0.25, 0.3) is 0 Å². The Morgan fingerprint density at radius 3 is 2.43 bits per heavy atom. The average molecular weight is 399 g/mol. The van der Waals surface area contributed by atoms with Gasteiger partial charge in [-0.3, -0.25) is 14.7 Å². The number of hydrogen-bond donors (Lipinski definition) is 1. The van der Waals surface area contributed by atoms with Crippen molar-refractivity contribution < 1.29 is 4.79 Å². The van der Waals surface area contributed by atoms with E-state index in [0.29, 0.717) is 5.91 Å². The SMILES string of the molecule is O=C(N1CCCN(Cc2ccncc2)CC1)C1(Cc2ccc(Cl)cc2)CNC1. The van der Waals surface area contributed by atoms with Crippen LogP contribution in [-0.2, 0) is 17.8 Å². The van der Waals surface area contributed by atoms with Crippen LogP contribution in [0.3, 0.4) is 0 Å². The normalized spacial score (nSPS) is 19.7. The van der Waals surface area contributed by atoms with Gasteiger partial charge < -0.3 is 10.2 Å². The lowest BCUT2D eigenvalue weighted by atomic mass is 9.75. The smallest absolute Gasteiger partial charge is 0.231 e. The standard InChI is InChI=1S/C22H27ClN4O/c23-20-4-2-18(3-5-20)14-22(16-25-17-22)21(28)27-11-1-10-26(12-13-27)15-19-6-8-24-9-7-19/h2-9,25H,1,10-17H2. The van der Waals surface area contributed by atoms with Gasteiger partial charge in [-0.2, -0.15) is 0 Å². The molecule has 4 rings (SSSR count). The molecule has 2 saturated heterocycles. The number of carbonyl (C=O) groups is 1. The van der Waals surface area contributed by atoms with Gasteiger partial charge in [0.1, 0.15) is 0 Å². The fraction of sp³-hybridized carbons (Fsp3) is 0.455. The summed E-state index contributed by atoms with van der Waals surface area (Å²) in [6.45, 7) is 6.01. The molecule has 2 aromatic rings. The molecule has 0 radical (unpaired) electrons. The van der Waals surface area contributed by atoms with Crippen LogP contribution in [0.4, 0.5) is 0 Å². The molecule has 5 nitrogen and oxygen atoms in total. The summed E-state index contributed by atoms with van der Waals surface area (Å²) in [4.78, 5) is 22.0. The highest BCUT2D eigenvalue weighted by molar-refractivity contribution is 6.30. The van der Waals surface area contributed by atoms with Crippen molar-refractivity contribution >= 4 is 17.5 Å². The van der Waals surface area contributed by atoms with Crippen molar-refractivity contribution in [3.8, 4) is 0 Å². The summed E-state index contributed by atoms with van der Waals surface area (Å²) in [6, 6.07) is 12.0. The van der Waals surface area contributed by atoms with Crippen LogP contribution >= 0.6 is 11.6 Å². The van der Waals surface area contributed by atoms with E-state index in [1.54, 1.807) is 0 Å². The fourth-order valence-electron chi connectivity index (χ4n) is 4.19. The van der Waals surface area contributed by atoms with E-state index in [-0.39, 0.29) is 5.41 Å². The zero-order chi connectivity index (χ0) is 19.4. The number of nitrogens with one attached hydrogen (secondary N) is 1. The first kappa shape index (κ1) is 19.4. The first-order chi connectivity index (χ1) is 13.6. The molecular weight excluding hydrogens is 372 g/mol.